The van der Waals surface area contributed by atoms with Crippen LogP contribution in [0, 0.1) is 5.92 Å². The zero-order chi connectivity index (χ0) is 18.7. The van der Waals surface area contributed by atoms with Crippen LogP contribution in [0.1, 0.15) is 35.5 Å². The minimum atomic E-state index is -0.187. The van der Waals surface area contributed by atoms with Gasteiger partial charge in [0.05, 0.1) is 0 Å². The lowest BCUT2D eigenvalue weighted by molar-refractivity contribution is 0.101. The highest BCUT2D eigenvalue weighted by Gasteiger charge is 2.17. The summed E-state index contributed by atoms with van der Waals surface area (Å²) in [6, 6.07) is 7.28. The van der Waals surface area contributed by atoms with E-state index in [9.17, 15) is 4.79 Å². The molecule has 0 saturated carbocycles. The van der Waals surface area contributed by atoms with E-state index in [-0.39, 0.29) is 5.91 Å². The first-order chi connectivity index (χ1) is 12.4. The SMILES string of the molecule is CC(C)Cc1cc(C(=O)Nc2nccs2)n(Cc2cc(Cl)ccc2Cl)c1. The lowest BCUT2D eigenvalue weighted by Gasteiger charge is -2.10. The number of amides is 1. The Morgan fingerprint density at radius 2 is 2.12 bits per heavy atom. The number of thiazole rings is 1. The van der Waals surface area contributed by atoms with E-state index in [1.165, 1.54) is 11.3 Å². The van der Waals surface area contributed by atoms with Crippen LogP contribution in [-0.4, -0.2) is 15.5 Å². The van der Waals surface area contributed by atoms with Crippen molar-refractivity contribution in [2.24, 2.45) is 5.92 Å². The first kappa shape index (κ1) is 19.0. The molecule has 2 heterocycles. The number of anilines is 1. The molecule has 0 bridgehead atoms. The van der Waals surface area contributed by atoms with Gasteiger partial charge in [0, 0.05) is 34.4 Å². The number of benzene rings is 1. The number of nitrogens with zero attached hydrogens (tertiary/aromatic N) is 2. The number of hydrogen-bond donors (Lipinski definition) is 1. The average Bonchev–Trinajstić information content (AvgIpc) is 3.20. The largest absolute Gasteiger partial charge is 0.339 e. The fourth-order valence-electron chi connectivity index (χ4n) is 2.77. The summed E-state index contributed by atoms with van der Waals surface area (Å²) in [6.07, 6.45) is 4.57. The zero-order valence-electron chi connectivity index (χ0n) is 14.5. The van der Waals surface area contributed by atoms with Crippen LogP contribution in [0.15, 0.2) is 42.0 Å². The zero-order valence-corrected chi connectivity index (χ0v) is 16.8. The Morgan fingerprint density at radius 3 is 2.81 bits per heavy atom. The van der Waals surface area contributed by atoms with Gasteiger partial charge in [-0.3, -0.25) is 10.1 Å². The summed E-state index contributed by atoms with van der Waals surface area (Å²) < 4.78 is 1.91. The Hall–Kier alpha value is -1.82. The monoisotopic (exact) mass is 407 g/mol. The van der Waals surface area contributed by atoms with Gasteiger partial charge < -0.3 is 4.57 Å². The summed E-state index contributed by atoms with van der Waals surface area (Å²) in [4.78, 5) is 16.9. The topological polar surface area (TPSA) is 46.9 Å². The van der Waals surface area contributed by atoms with E-state index < -0.39 is 0 Å². The van der Waals surface area contributed by atoms with Crippen LogP contribution < -0.4 is 5.32 Å². The van der Waals surface area contributed by atoms with Crippen molar-refractivity contribution in [3.63, 3.8) is 0 Å². The first-order valence-electron chi connectivity index (χ1n) is 8.26. The Labute approximate surface area is 166 Å². The van der Waals surface area contributed by atoms with Crippen molar-refractivity contribution in [2.75, 3.05) is 5.32 Å². The van der Waals surface area contributed by atoms with Gasteiger partial charge in [-0.15, -0.1) is 11.3 Å². The van der Waals surface area contributed by atoms with Crippen molar-refractivity contribution in [3.8, 4) is 0 Å². The smallest absolute Gasteiger partial charge is 0.274 e. The molecule has 0 aliphatic carbocycles. The maximum absolute atomic E-state index is 12.7. The number of carbonyl (C=O) groups is 1. The molecule has 1 N–H and O–H groups in total. The van der Waals surface area contributed by atoms with Gasteiger partial charge in [0.15, 0.2) is 5.13 Å². The standard InChI is InChI=1S/C19H19Cl2N3OS/c1-12(2)7-13-8-17(18(25)23-19-22-5-6-26-19)24(10-13)11-14-9-15(20)3-4-16(14)21/h3-6,8-10,12H,7,11H2,1-2H3,(H,22,23,25). The summed E-state index contributed by atoms with van der Waals surface area (Å²) in [5.41, 5.74) is 2.56. The van der Waals surface area contributed by atoms with Crippen LogP contribution in [-0.2, 0) is 13.0 Å². The quantitative estimate of drug-likeness (QED) is 0.565. The summed E-state index contributed by atoms with van der Waals surface area (Å²) in [6.45, 7) is 4.78. The molecule has 0 atom stereocenters. The van der Waals surface area contributed by atoms with Crippen molar-refractivity contribution in [3.05, 3.63) is 68.9 Å². The molecule has 3 rings (SSSR count). The highest BCUT2D eigenvalue weighted by molar-refractivity contribution is 7.13. The highest BCUT2D eigenvalue weighted by atomic mass is 35.5. The molecular formula is C19H19Cl2N3OS. The van der Waals surface area contributed by atoms with Gasteiger partial charge >= 0.3 is 0 Å². The van der Waals surface area contributed by atoms with Crippen molar-refractivity contribution in [1.82, 2.24) is 9.55 Å². The van der Waals surface area contributed by atoms with E-state index in [1.807, 2.05) is 28.3 Å². The molecule has 0 aliphatic heterocycles. The third kappa shape index (κ3) is 4.67. The van der Waals surface area contributed by atoms with Gasteiger partial charge in [-0.1, -0.05) is 37.0 Å². The number of rotatable bonds is 6. The number of aromatic nitrogens is 2. The van der Waals surface area contributed by atoms with E-state index in [4.69, 9.17) is 23.2 Å². The summed E-state index contributed by atoms with van der Waals surface area (Å²) in [7, 11) is 0. The number of halogens is 2. The predicted molar refractivity (Wildman–Crippen MR) is 109 cm³/mol. The molecule has 0 unspecified atom stereocenters. The molecule has 4 nitrogen and oxygen atoms in total. The molecule has 0 spiro atoms. The highest BCUT2D eigenvalue weighted by Crippen LogP contribution is 2.24. The van der Waals surface area contributed by atoms with E-state index in [0.29, 0.717) is 33.3 Å². The van der Waals surface area contributed by atoms with Crippen molar-refractivity contribution in [2.45, 2.75) is 26.8 Å². The van der Waals surface area contributed by atoms with Crippen molar-refractivity contribution >= 4 is 45.6 Å². The molecule has 7 heteroatoms. The molecule has 26 heavy (non-hydrogen) atoms. The normalized spacial score (nSPS) is 11.1. The molecule has 1 amide bonds. The van der Waals surface area contributed by atoms with Gasteiger partial charge in [0.1, 0.15) is 5.69 Å². The molecular weight excluding hydrogens is 389 g/mol. The van der Waals surface area contributed by atoms with E-state index in [2.05, 4.69) is 24.1 Å². The fraction of sp³-hybridized carbons (Fsp3) is 0.263. The fourth-order valence-corrected chi connectivity index (χ4v) is 3.67. The molecule has 0 radical (unpaired) electrons. The van der Waals surface area contributed by atoms with E-state index in [1.54, 1.807) is 18.3 Å². The summed E-state index contributed by atoms with van der Waals surface area (Å²) in [5.74, 6) is 0.309. The lowest BCUT2D eigenvalue weighted by atomic mass is 10.1. The van der Waals surface area contributed by atoms with Crippen LogP contribution in [0.3, 0.4) is 0 Å². The number of hydrogen-bond acceptors (Lipinski definition) is 3. The van der Waals surface area contributed by atoms with Gasteiger partial charge in [-0.2, -0.15) is 0 Å². The second-order valence-electron chi connectivity index (χ2n) is 6.49. The van der Waals surface area contributed by atoms with Gasteiger partial charge in [0.2, 0.25) is 0 Å². The average molecular weight is 408 g/mol. The minimum Gasteiger partial charge on any atom is -0.339 e. The second-order valence-corrected chi connectivity index (χ2v) is 8.22. The maximum Gasteiger partial charge on any atom is 0.274 e. The van der Waals surface area contributed by atoms with Crippen LogP contribution in [0.25, 0.3) is 0 Å². The second kappa shape index (κ2) is 8.25. The Kier molecular flexibility index (Phi) is 6.01. The van der Waals surface area contributed by atoms with Crippen LogP contribution in [0.2, 0.25) is 10.0 Å². The van der Waals surface area contributed by atoms with Crippen molar-refractivity contribution in [1.29, 1.82) is 0 Å². The van der Waals surface area contributed by atoms with Gasteiger partial charge in [-0.05, 0) is 47.7 Å². The van der Waals surface area contributed by atoms with E-state index >= 15 is 0 Å². The molecule has 3 aromatic rings. The number of nitrogens with one attached hydrogen (secondary N) is 1. The number of carbonyl (C=O) groups excluding carboxylic acids is 1. The van der Waals surface area contributed by atoms with Gasteiger partial charge in [0.25, 0.3) is 5.91 Å². The van der Waals surface area contributed by atoms with E-state index in [0.717, 1.165) is 17.5 Å². The van der Waals surface area contributed by atoms with Gasteiger partial charge in [-0.25, -0.2) is 4.98 Å². The molecule has 2 aromatic heterocycles. The minimum absolute atomic E-state index is 0.187. The Balaban J connectivity index is 1.92. The molecule has 0 fully saturated rings. The lowest BCUT2D eigenvalue weighted by Crippen LogP contribution is -2.17. The molecule has 0 aliphatic rings. The maximum atomic E-state index is 12.7. The third-order valence-electron chi connectivity index (χ3n) is 3.83. The summed E-state index contributed by atoms with van der Waals surface area (Å²) in [5, 5.41) is 6.49. The van der Waals surface area contributed by atoms with Crippen LogP contribution in [0.4, 0.5) is 5.13 Å². The van der Waals surface area contributed by atoms with Crippen molar-refractivity contribution < 1.29 is 4.79 Å². The third-order valence-corrected chi connectivity index (χ3v) is 5.12. The first-order valence-corrected chi connectivity index (χ1v) is 9.89. The van der Waals surface area contributed by atoms with Crippen LogP contribution in [0.5, 0.6) is 0 Å². The summed E-state index contributed by atoms with van der Waals surface area (Å²) >= 11 is 13.8. The van der Waals surface area contributed by atoms with Crippen LogP contribution >= 0.6 is 34.5 Å². The Bertz CT molecular complexity index is 904. The molecule has 136 valence electrons. The molecule has 1 aromatic carbocycles. The Morgan fingerprint density at radius 1 is 1.31 bits per heavy atom. The predicted octanol–water partition coefficient (Wildman–Crippen LogP) is 5.75. The molecule has 0 saturated heterocycles.